The summed E-state index contributed by atoms with van der Waals surface area (Å²) in [6.45, 7) is 1.88. The summed E-state index contributed by atoms with van der Waals surface area (Å²) in [7, 11) is 0. The lowest BCUT2D eigenvalue weighted by atomic mass is 9.93. The quantitative estimate of drug-likeness (QED) is 0.816. The second-order valence-corrected chi connectivity index (χ2v) is 4.31. The van der Waals surface area contributed by atoms with Crippen molar-refractivity contribution >= 4 is 0 Å². The third-order valence-electron chi connectivity index (χ3n) is 3.14. The van der Waals surface area contributed by atoms with Gasteiger partial charge in [-0.2, -0.15) is 0 Å². The lowest BCUT2D eigenvalue weighted by molar-refractivity contribution is 0.102. The molecule has 1 saturated carbocycles. The van der Waals surface area contributed by atoms with Crippen molar-refractivity contribution in [1.82, 2.24) is 0 Å². The molecule has 2 atom stereocenters. The number of hydrogen-bond acceptors (Lipinski definition) is 1. The summed E-state index contributed by atoms with van der Waals surface area (Å²) in [6.07, 6.45) is 1.26. The first kappa shape index (κ1) is 10.6. The Kier molecular flexibility index (Phi) is 2.74. The minimum Gasteiger partial charge on any atom is -0.388 e. The third-order valence-corrected chi connectivity index (χ3v) is 3.14. The van der Waals surface area contributed by atoms with Crippen molar-refractivity contribution in [1.29, 1.82) is 0 Å². The van der Waals surface area contributed by atoms with E-state index < -0.39 is 17.7 Å². The van der Waals surface area contributed by atoms with Gasteiger partial charge in [0.05, 0.1) is 6.10 Å². The van der Waals surface area contributed by atoms with Gasteiger partial charge < -0.3 is 5.11 Å². The fourth-order valence-electron chi connectivity index (χ4n) is 1.90. The maximum Gasteiger partial charge on any atom is 0.129 e. The highest BCUT2D eigenvalue weighted by Crippen LogP contribution is 2.42. The van der Waals surface area contributed by atoms with Gasteiger partial charge in [-0.1, -0.05) is 6.92 Å². The average Bonchev–Trinajstić information content (AvgIpc) is 3.03. The molecule has 0 bridgehead atoms. The Hall–Kier alpha value is -0.960. The summed E-state index contributed by atoms with van der Waals surface area (Å²) >= 11 is 0. The van der Waals surface area contributed by atoms with Crippen LogP contribution in [-0.2, 0) is 0 Å². The fourth-order valence-corrected chi connectivity index (χ4v) is 1.90. The maximum atomic E-state index is 13.3. The first-order valence-corrected chi connectivity index (χ1v) is 5.22. The van der Waals surface area contributed by atoms with E-state index in [1.807, 2.05) is 6.92 Å². The summed E-state index contributed by atoms with van der Waals surface area (Å²) in [6, 6.07) is 3.21. The molecule has 1 aromatic carbocycles. The summed E-state index contributed by atoms with van der Waals surface area (Å²) in [4.78, 5) is 0. The van der Waals surface area contributed by atoms with Crippen LogP contribution in [0, 0.1) is 23.5 Å². The van der Waals surface area contributed by atoms with E-state index in [0.717, 1.165) is 31.0 Å². The number of halogens is 2. The van der Waals surface area contributed by atoms with Gasteiger partial charge in [0.15, 0.2) is 0 Å². The average molecular weight is 212 g/mol. The second kappa shape index (κ2) is 3.89. The monoisotopic (exact) mass is 212 g/mol. The van der Waals surface area contributed by atoms with Gasteiger partial charge >= 0.3 is 0 Å². The first-order chi connectivity index (χ1) is 7.09. The van der Waals surface area contributed by atoms with E-state index in [0.29, 0.717) is 5.92 Å². The molecule has 1 N–H and O–H groups in total. The molecule has 0 saturated heterocycles. The Morgan fingerprint density at radius 1 is 1.33 bits per heavy atom. The van der Waals surface area contributed by atoms with Crippen LogP contribution in [0.15, 0.2) is 18.2 Å². The highest BCUT2D eigenvalue weighted by atomic mass is 19.1. The maximum absolute atomic E-state index is 13.3. The molecule has 2 rings (SSSR count). The molecule has 1 aliphatic carbocycles. The number of benzene rings is 1. The zero-order valence-electron chi connectivity index (χ0n) is 8.58. The largest absolute Gasteiger partial charge is 0.388 e. The van der Waals surface area contributed by atoms with Gasteiger partial charge in [-0.3, -0.25) is 0 Å². The standard InChI is InChI=1S/C12H14F2O/c1-7(8-2-3-8)12(15)10-6-9(13)4-5-11(10)14/h4-8,12,15H,2-3H2,1H3. The van der Waals surface area contributed by atoms with Crippen LogP contribution in [0.4, 0.5) is 8.78 Å². The smallest absolute Gasteiger partial charge is 0.129 e. The Labute approximate surface area is 87.7 Å². The summed E-state index contributed by atoms with van der Waals surface area (Å²) < 4.78 is 26.2. The number of rotatable bonds is 3. The highest BCUT2D eigenvalue weighted by molar-refractivity contribution is 5.22. The molecule has 1 fully saturated rings. The molecular formula is C12H14F2O. The predicted octanol–water partition coefficient (Wildman–Crippen LogP) is 3.04. The summed E-state index contributed by atoms with van der Waals surface area (Å²) in [5, 5.41) is 9.90. The van der Waals surface area contributed by atoms with E-state index >= 15 is 0 Å². The van der Waals surface area contributed by atoms with E-state index in [1.54, 1.807) is 0 Å². The van der Waals surface area contributed by atoms with E-state index in [1.165, 1.54) is 0 Å². The molecule has 3 heteroatoms. The number of hydrogen-bond donors (Lipinski definition) is 1. The predicted molar refractivity (Wildman–Crippen MR) is 53.2 cm³/mol. The van der Waals surface area contributed by atoms with Crippen molar-refractivity contribution in [3.63, 3.8) is 0 Å². The molecule has 0 aromatic heterocycles. The SMILES string of the molecule is CC(C1CC1)C(O)c1cc(F)ccc1F. The van der Waals surface area contributed by atoms with Crippen LogP contribution in [0.5, 0.6) is 0 Å². The van der Waals surface area contributed by atoms with Crippen molar-refractivity contribution in [2.45, 2.75) is 25.9 Å². The van der Waals surface area contributed by atoms with Gasteiger partial charge in [0.25, 0.3) is 0 Å². The normalized spacial score (nSPS) is 20.0. The molecule has 0 radical (unpaired) electrons. The topological polar surface area (TPSA) is 20.2 Å². The Morgan fingerprint density at radius 2 is 2.00 bits per heavy atom. The van der Waals surface area contributed by atoms with Crippen molar-refractivity contribution in [2.24, 2.45) is 11.8 Å². The summed E-state index contributed by atoms with van der Waals surface area (Å²) in [5.74, 6) is -0.575. The van der Waals surface area contributed by atoms with E-state index in [2.05, 4.69) is 0 Å². The first-order valence-electron chi connectivity index (χ1n) is 5.22. The lowest BCUT2D eigenvalue weighted by Gasteiger charge is -2.19. The Morgan fingerprint density at radius 3 is 2.60 bits per heavy atom. The molecular weight excluding hydrogens is 198 g/mol. The molecule has 1 aliphatic rings. The molecule has 0 heterocycles. The molecule has 1 aromatic rings. The summed E-state index contributed by atoms with van der Waals surface area (Å²) in [5.41, 5.74) is 0.0781. The minimum atomic E-state index is -0.895. The van der Waals surface area contributed by atoms with Crippen LogP contribution in [0.25, 0.3) is 0 Å². The van der Waals surface area contributed by atoms with Gasteiger partial charge in [0.2, 0.25) is 0 Å². The van der Waals surface area contributed by atoms with Crippen LogP contribution in [0.3, 0.4) is 0 Å². The molecule has 0 amide bonds. The Bertz CT molecular complexity index is 361. The van der Waals surface area contributed by atoms with E-state index in [-0.39, 0.29) is 11.5 Å². The minimum absolute atomic E-state index is 0.00120. The van der Waals surface area contributed by atoms with Crippen LogP contribution < -0.4 is 0 Å². The van der Waals surface area contributed by atoms with Crippen molar-refractivity contribution < 1.29 is 13.9 Å². The molecule has 1 nitrogen and oxygen atoms in total. The zero-order chi connectivity index (χ0) is 11.0. The molecule has 15 heavy (non-hydrogen) atoms. The molecule has 2 unspecified atom stereocenters. The fraction of sp³-hybridized carbons (Fsp3) is 0.500. The number of aliphatic hydroxyl groups is 1. The molecule has 82 valence electrons. The Balaban J connectivity index is 2.23. The van der Waals surface area contributed by atoms with Gasteiger partial charge in [0.1, 0.15) is 11.6 Å². The van der Waals surface area contributed by atoms with Crippen LogP contribution in [0.1, 0.15) is 31.4 Å². The van der Waals surface area contributed by atoms with Crippen molar-refractivity contribution in [2.75, 3.05) is 0 Å². The van der Waals surface area contributed by atoms with E-state index in [4.69, 9.17) is 0 Å². The van der Waals surface area contributed by atoms with Crippen LogP contribution in [-0.4, -0.2) is 5.11 Å². The number of aliphatic hydroxyl groups excluding tert-OH is 1. The lowest BCUT2D eigenvalue weighted by Crippen LogP contribution is -2.13. The van der Waals surface area contributed by atoms with Crippen LogP contribution in [0.2, 0.25) is 0 Å². The van der Waals surface area contributed by atoms with Crippen molar-refractivity contribution in [3.05, 3.63) is 35.4 Å². The van der Waals surface area contributed by atoms with E-state index in [9.17, 15) is 13.9 Å². The second-order valence-electron chi connectivity index (χ2n) is 4.31. The molecule has 0 aliphatic heterocycles. The highest BCUT2D eigenvalue weighted by Gasteiger charge is 2.34. The zero-order valence-corrected chi connectivity index (χ0v) is 8.58. The van der Waals surface area contributed by atoms with Gasteiger partial charge in [-0.05, 0) is 42.9 Å². The molecule has 0 spiro atoms. The van der Waals surface area contributed by atoms with Crippen molar-refractivity contribution in [3.8, 4) is 0 Å². The third kappa shape index (κ3) is 2.17. The van der Waals surface area contributed by atoms with Crippen LogP contribution >= 0.6 is 0 Å². The van der Waals surface area contributed by atoms with Gasteiger partial charge in [0, 0.05) is 5.56 Å². The van der Waals surface area contributed by atoms with Gasteiger partial charge in [-0.25, -0.2) is 8.78 Å². The van der Waals surface area contributed by atoms with Gasteiger partial charge in [-0.15, -0.1) is 0 Å².